The van der Waals surface area contributed by atoms with Gasteiger partial charge in [0.15, 0.2) is 0 Å². The Morgan fingerprint density at radius 2 is 1.95 bits per heavy atom. The normalized spacial score (nSPS) is 12.1. The van der Waals surface area contributed by atoms with E-state index in [9.17, 15) is 13.2 Å². The van der Waals surface area contributed by atoms with E-state index in [2.05, 4.69) is 0 Å². The maximum Gasteiger partial charge on any atom is 0.335 e. The average molecular weight is 315 g/mol. The summed E-state index contributed by atoms with van der Waals surface area (Å²) in [6.07, 6.45) is 0.328. The third kappa shape index (κ3) is 4.03. The second-order valence-corrected chi connectivity index (χ2v) is 6.93. The number of sulfonamides is 1. The number of hydrogen-bond acceptors (Lipinski definition) is 4. The molecule has 0 aliphatic rings. The highest BCUT2D eigenvalue weighted by Gasteiger charge is 2.28. The van der Waals surface area contributed by atoms with Crippen LogP contribution >= 0.6 is 0 Å². The zero-order chi connectivity index (χ0) is 16.2. The molecule has 21 heavy (non-hydrogen) atoms. The van der Waals surface area contributed by atoms with E-state index in [-0.39, 0.29) is 29.7 Å². The molecule has 6 nitrogen and oxygen atoms in total. The minimum Gasteiger partial charge on any atom is -0.478 e. The number of aliphatic hydroxyl groups excluding tert-OH is 1. The summed E-state index contributed by atoms with van der Waals surface area (Å²) < 4.78 is 26.7. The topological polar surface area (TPSA) is 94.9 Å². The van der Waals surface area contributed by atoms with E-state index in [1.165, 1.54) is 22.5 Å². The zero-order valence-electron chi connectivity index (χ0n) is 12.4. The smallest absolute Gasteiger partial charge is 0.335 e. The van der Waals surface area contributed by atoms with Crippen LogP contribution in [0.4, 0.5) is 0 Å². The summed E-state index contributed by atoms with van der Waals surface area (Å²) in [6, 6.07) is 3.77. The summed E-state index contributed by atoms with van der Waals surface area (Å²) in [5.74, 6) is -1.17. The van der Waals surface area contributed by atoms with Crippen LogP contribution in [0.25, 0.3) is 0 Å². The Balaban J connectivity index is 3.33. The standard InChI is InChI=1S/C14H21NO5S/c1-10(2)15(7-4-8-16)21(19,20)13-9-12(14(17)18)6-5-11(13)3/h5-6,9-10,16H,4,7-8H2,1-3H3,(H,17,18). The average Bonchev–Trinajstić information content (AvgIpc) is 2.38. The molecule has 0 spiro atoms. The number of hydrogen-bond donors (Lipinski definition) is 2. The molecule has 0 bridgehead atoms. The van der Waals surface area contributed by atoms with Gasteiger partial charge >= 0.3 is 5.97 Å². The zero-order valence-corrected chi connectivity index (χ0v) is 13.2. The molecule has 0 atom stereocenters. The van der Waals surface area contributed by atoms with Gasteiger partial charge in [0, 0.05) is 19.2 Å². The second kappa shape index (κ2) is 7.02. The van der Waals surface area contributed by atoms with Crippen molar-refractivity contribution in [1.29, 1.82) is 0 Å². The fraction of sp³-hybridized carbons (Fsp3) is 0.500. The number of benzene rings is 1. The molecule has 1 aromatic rings. The van der Waals surface area contributed by atoms with Crippen molar-refractivity contribution in [3.63, 3.8) is 0 Å². The third-order valence-corrected chi connectivity index (χ3v) is 5.35. The Hall–Kier alpha value is -1.44. The first-order chi connectivity index (χ1) is 9.71. The lowest BCUT2D eigenvalue weighted by atomic mass is 10.1. The van der Waals surface area contributed by atoms with Gasteiger partial charge in [0.1, 0.15) is 0 Å². The molecule has 0 fully saturated rings. The number of aliphatic hydroxyl groups is 1. The van der Waals surface area contributed by atoms with E-state index < -0.39 is 16.0 Å². The summed E-state index contributed by atoms with van der Waals surface area (Å²) >= 11 is 0. The van der Waals surface area contributed by atoms with Crippen molar-refractivity contribution in [2.45, 2.75) is 38.1 Å². The number of nitrogens with zero attached hydrogens (tertiary/aromatic N) is 1. The first-order valence-electron chi connectivity index (χ1n) is 6.68. The van der Waals surface area contributed by atoms with E-state index in [4.69, 9.17) is 10.2 Å². The summed E-state index contributed by atoms with van der Waals surface area (Å²) in [5, 5.41) is 17.9. The monoisotopic (exact) mass is 315 g/mol. The van der Waals surface area contributed by atoms with Crippen LogP contribution in [0.1, 0.15) is 36.2 Å². The van der Waals surface area contributed by atoms with Crippen LogP contribution < -0.4 is 0 Å². The van der Waals surface area contributed by atoms with Crippen LogP contribution in [0.3, 0.4) is 0 Å². The highest BCUT2D eigenvalue weighted by Crippen LogP contribution is 2.23. The fourth-order valence-corrected chi connectivity index (χ4v) is 3.95. The maximum absolute atomic E-state index is 12.7. The predicted octanol–water partition coefficient (Wildman–Crippen LogP) is 1.47. The molecule has 0 heterocycles. The van der Waals surface area contributed by atoms with Gasteiger partial charge in [0.2, 0.25) is 10.0 Å². The van der Waals surface area contributed by atoms with Crippen LogP contribution in [0.2, 0.25) is 0 Å². The summed E-state index contributed by atoms with van der Waals surface area (Å²) in [5.41, 5.74) is 0.430. The SMILES string of the molecule is Cc1ccc(C(=O)O)cc1S(=O)(=O)N(CCCO)C(C)C. The molecule has 118 valence electrons. The van der Waals surface area contributed by atoms with Crippen molar-refractivity contribution in [1.82, 2.24) is 4.31 Å². The lowest BCUT2D eigenvalue weighted by molar-refractivity contribution is 0.0696. The van der Waals surface area contributed by atoms with Crippen molar-refractivity contribution < 1.29 is 23.4 Å². The molecular weight excluding hydrogens is 294 g/mol. The first kappa shape index (κ1) is 17.6. The molecule has 1 rings (SSSR count). The van der Waals surface area contributed by atoms with E-state index in [1.807, 2.05) is 0 Å². The number of aromatic carboxylic acids is 1. The Labute approximate surface area is 125 Å². The molecule has 0 aliphatic carbocycles. The van der Waals surface area contributed by atoms with Crippen molar-refractivity contribution in [3.8, 4) is 0 Å². The molecule has 2 N–H and O–H groups in total. The molecule has 1 aromatic carbocycles. The van der Waals surface area contributed by atoms with Crippen molar-refractivity contribution in [2.75, 3.05) is 13.2 Å². The van der Waals surface area contributed by atoms with E-state index in [0.717, 1.165) is 0 Å². The Kier molecular flexibility index (Phi) is 5.88. The van der Waals surface area contributed by atoms with Crippen LogP contribution in [-0.2, 0) is 10.0 Å². The van der Waals surface area contributed by atoms with Crippen molar-refractivity contribution in [3.05, 3.63) is 29.3 Å². The van der Waals surface area contributed by atoms with Gasteiger partial charge in [-0.1, -0.05) is 6.07 Å². The van der Waals surface area contributed by atoms with E-state index in [1.54, 1.807) is 20.8 Å². The number of carboxylic acids is 1. The molecule has 7 heteroatoms. The molecule has 0 aromatic heterocycles. The lowest BCUT2D eigenvalue weighted by Crippen LogP contribution is -2.38. The number of aryl methyl sites for hydroxylation is 1. The minimum atomic E-state index is -3.80. The van der Waals surface area contributed by atoms with Gasteiger partial charge in [-0.15, -0.1) is 0 Å². The van der Waals surface area contributed by atoms with Crippen LogP contribution in [-0.4, -0.2) is 48.1 Å². The first-order valence-corrected chi connectivity index (χ1v) is 8.12. The molecule has 0 saturated carbocycles. The molecule has 0 amide bonds. The largest absolute Gasteiger partial charge is 0.478 e. The summed E-state index contributed by atoms with van der Waals surface area (Å²) in [6.45, 7) is 5.19. The molecule has 0 saturated heterocycles. The van der Waals surface area contributed by atoms with E-state index >= 15 is 0 Å². The van der Waals surface area contributed by atoms with Gasteiger partial charge in [-0.3, -0.25) is 0 Å². The Bertz CT molecular complexity index is 610. The number of carbonyl (C=O) groups is 1. The number of carboxylic acid groups (broad SMARTS) is 1. The highest BCUT2D eigenvalue weighted by molar-refractivity contribution is 7.89. The van der Waals surface area contributed by atoms with Crippen LogP contribution in [0.5, 0.6) is 0 Å². The maximum atomic E-state index is 12.7. The van der Waals surface area contributed by atoms with Gasteiger partial charge in [0.25, 0.3) is 0 Å². The fourth-order valence-electron chi connectivity index (χ4n) is 2.02. The van der Waals surface area contributed by atoms with Crippen LogP contribution in [0.15, 0.2) is 23.1 Å². The quantitative estimate of drug-likeness (QED) is 0.794. The van der Waals surface area contributed by atoms with Crippen molar-refractivity contribution >= 4 is 16.0 Å². The van der Waals surface area contributed by atoms with Gasteiger partial charge in [-0.05, 0) is 44.9 Å². The predicted molar refractivity (Wildman–Crippen MR) is 78.9 cm³/mol. The van der Waals surface area contributed by atoms with E-state index in [0.29, 0.717) is 12.0 Å². The number of rotatable bonds is 7. The minimum absolute atomic E-state index is 0.00552. The van der Waals surface area contributed by atoms with Gasteiger partial charge in [-0.2, -0.15) is 4.31 Å². The van der Waals surface area contributed by atoms with Crippen LogP contribution in [0, 0.1) is 6.92 Å². The Morgan fingerprint density at radius 1 is 1.33 bits per heavy atom. The highest BCUT2D eigenvalue weighted by atomic mass is 32.2. The second-order valence-electron chi connectivity index (χ2n) is 5.07. The van der Waals surface area contributed by atoms with Gasteiger partial charge < -0.3 is 10.2 Å². The Morgan fingerprint density at radius 3 is 2.43 bits per heavy atom. The summed E-state index contributed by atoms with van der Waals surface area (Å²) in [7, 11) is -3.80. The third-order valence-electron chi connectivity index (χ3n) is 3.13. The molecule has 0 unspecified atom stereocenters. The van der Waals surface area contributed by atoms with Gasteiger partial charge in [-0.25, -0.2) is 13.2 Å². The summed E-state index contributed by atoms with van der Waals surface area (Å²) in [4.78, 5) is 11.0. The molecule has 0 aliphatic heterocycles. The lowest BCUT2D eigenvalue weighted by Gasteiger charge is -2.26. The van der Waals surface area contributed by atoms with Crippen molar-refractivity contribution in [2.24, 2.45) is 0 Å². The molecular formula is C14H21NO5S. The van der Waals surface area contributed by atoms with Gasteiger partial charge in [0.05, 0.1) is 10.5 Å². The molecule has 0 radical (unpaired) electrons.